The Kier molecular flexibility index (Phi) is 9.33. The summed E-state index contributed by atoms with van der Waals surface area (Å²) in [5.74, 6) is 1.13. The van der Waals surface area contributed by atoms with Crippen molar-refractivity contribution in [1.82, 2.24) is 14.9 Å². The Bertz CT molecular complexity index is 349. The average molecular weight is 281 g/mol. The number of ether oxygens (including phenoxy) is 1. The highest BCUT2D eigenvalue weighted by atomic mass is 16.5. The van der Waals surface area contributed by atoms with E-state index < -0.39 is 0 Å². The van der Waals surface area contributed by atoms with Crippen molar-refractivity contribution in [2.24, 2.45) is 0 Å². The zero-order valence-corrected chi connectivity index (χ0v) is 13.5. The third-order valence-electron chi connectivity index (χ3n) is 3.66. The summed E-state index contributed by atoms with van der Waals surface area (Å²) in [6, 6.07) is 0. The second-order valence-corrected chi connectivity index (χ2v) is 5.39. The van der Waals surface area contributed by atoms with Crippen LogP contribution in [0.4, 0.5) is 0 Å². The fourth-order valence-electron chi connectivity index (χ4n) is 2.40. The molecule has 0 aliphatic carbocycles. The molecule has 0 saturated carbocycles. The van der Waals surface area contributed by atoms with Gasteiger partial charge in [-0.05, 0) is 13.3 Å². The molecule has 0 spiro atoms. The van der Waals surface area contributed by atoms with Gasteiger partial charge in [0.05, 0.1) is 12.3 Å². The van der Waals surface area contributed by atoms with Gasteiger partial charge in [-0.15, -0.1) is 0 Å². The van der Waals surface area contributed by atoms with Crippen LogP contribution in [-0.4, -0.2) is 29.8 Å². The SMILES string of the molecule is CCCCCCCCn1c(CNCCOC)cnc1C. The van der Waals surface area contributed by atoms with E-state index >= 15 is 0 Å². The lowest BCUT2D eigenvalue weighted by Gasteiger charge is -2.11. The quantitative estimate of drug-likeness (QED) is 0.598. The topological polar surface area (TPSA) is 39.1 Å². The van der Waals surface area contributed by atoms with Gasteiger partial charge in [0, 0.05) is 32.9 Å². The fourth-order valence-corrected chi connectivity index (χ4v) is 2.40. The number of aromatic nitrogens is 2. The Balaban J connectivity index is 2.27. The fraction of sp³-hybridized carbons (Fsp3) is 0.812. The van der Waals surface area contributed by atoms with Crippen LogP contribution in [0, 0.1) is 6.92 Å². The van der Waals surface area contributed by atoms with Gasteiger partial charge >= 0.3 is 0 Å². The predicted molar refractivity (Wildman–Crippen MR) is 83.9 cm³/mol. The van der Waals surface area contributed by atoms with Crippen LogP contribution in [0.1, 0.15) is 57.0 Å². The summed E-state index contributed by atoms with van der Waals surface area (Å²) in [7, 11) is 1.73. The van der Waals surface area contributed by atoms with Crippen molar-refractivity contribution in [3.8, 4) is 0 Å². The molecule has 1 heterocycles. The van der Waals surface area contributed by atoms with Crippen LogP contribution in [0.25, 0.3) is 0 Å². The maximum absolute atomic E-state index is 5.04. The van der Waals surface area contributed by atoms with Gasteiger partial charge in [0.2, 0.25) is 0 Å². The highest BCUT2D eigenvalue weighted by Gasteiger charge is 2.05. The van der Waals surface area contributed by atoms with Crippen LogP contribution in [0.5, 0.6) is 0 Å². The molecule has 0 aliphatic rings. The minimum atomic E-state index is 0.755. The Morgan fingerprint density at radius 1 is 1.20 bits per heavy atom. The molecule has 1 aromatic heterocycles. The molecular weight excluding hydrogens is 250 g/mol. The molecule has 0 radical (unpaired) electrons. The van der Waals surface area contributed by atoms with E-state index in [2.05, 4.69) is 28.7 Å². The maximum atomic E-state index is 5.04. The summed E-state index contributed by atoms with van der Waals surface area (Å²) < 4.78 is 7.39. The molecule has 1 N–H and O–H groups in total. The molecule has 0 amide bonds. The zero-order chi connectivity index (χ0) is 14.6. The maximum Gasteiger partial charge on any atom is 0.105 e. The third kappa shape index (κ3) is 6.53. The lowest BCUT2D eigenvalue weighted by molar-refractivity contribution is 0.199. The molecule has 0 aliphatic heterocycles. The average Bonchev–Trinajstić information content (AvgIpc) is 2.80. The highest BCUT2D eigenvalue weighted by Crippen LogP contribution is 2.10. The van der Waals surface area contributed by atoms with E-state index in [-0.39, 0.29) is 0 Å². The summed E-state index contributed by atoms with van der Waals surface area (Å²) in [5.41, 5.74) is 1.28. The number of unbranched alkanes of at least 4 members (excludes halogenated alkanes) is 5. The van der Waals surface area contributed by atoms with Crippen molar-refractivity contribution in [3.63, 3.8) is 0 Å². The first-order chi connectivity index (χ1) is 9.79. The molecular formula is C16H31N3O. The first kappa shape index (κ1) is 17.2. The van der Waals surface area contributed by atoms with Gasteiger partial charge in [-0.25, -0.2) is 4.98 Å². The van der Waals surface area contributed by atoms with Crippen molar-refractivity contribution in [1.29, 1.82) is 0 Å². The number of rotatable bonds is 12. The Hall–Kier alpha value is -0.870. The van der Waals surface area contributed by atoms with Crippen LogP contribution in [0.15, 0.2) is 6.20 Å². The first-order valence-corrected chi connectivity index (χ1v) is 8.00. The number of nitrogens with zero attached hydrogens (tertiary/aromatic N) is 2. The summed E-state index contributed by atoms with van der Waals surface area (Å²) in [6.07, 6.45) is 10.0. The molecule has 116 valence electrons. The minimum Gasteiger partial charge on any atom is -0.383 e. The predicted octanol–water partition coefficient (Wildman–Crippen LogP) is 3.29. The van der Waals surface area contributed by atoms with Crippen LogP contribution < -0.4 is 5.32 Å². The van der Waals surface area contributed by atoms with Crippen molar-refractivity contribution in [2.75, 3.05) is 20.3 Å². The molecule has 0 atom stereocenters. The molecule has 0 aromatic carbocycles. The summed E-state index contributed by atoms with van der Waals surface area (Å²) in [4.78, 5) is 4.44. The summed E-state index contributed by atoms with van der Waals surface area (Å²) in [6.45, 7) is 7.97. The van der Waals surface area contributed by atoms with Gasteiger partial charge in [0.1, 0.15) is 5.82 Å². The lowest BCUT2D eigenvalue weighted by atomic mass is 10.1. The van der Waals surface area contributed by atoms with E-state index in [1.165, 1.54) is 44.2 Å². The van der Waals surface area contributed by atoms with Crippen LogP contribution in [0.3, 0.4) is 0 Å². The first-order valence-electron chi connectivity index (χ1n) is 8.00. The number of methoxy groups -OCH3 is 1. The Labute approximate surface area is 123 Å². The van der Waals surface area contributed by atoms with Crippen LogP contribution in [-0.2, 0) is 17.8 Å². The number of hydrogen-bond donors (Lipinski definition) is 1. The van der Waals surface area contributed by atoms with Crippen molar-refractivity contribution in [3.05, 3.63) is 17.7 Å². The molecule has 4 heteroatoms. The van der Waals surface area contributed by atoms with Gasteiger partial charge in [-0.1, -0.05) is 39.0 Å². The molecule has 20 heavy (non-hydrogen) atoms. The van der Waals surface area contributed by atoms with E-state index in [0.29, 0.717) is 0 Å². The van der Waals surface area contributed by atoms with Crippen LogP contribution in [0.2, 0.25) is 0 Å². The molecule has 0 unspecified atom stereocenters. The lowest BCUT2D eigenvalue weighted by Crippen LogP contribution is -2.20. The van der Waals surface area contributed by atoms with E-state index in [1.54, 1.807) is 7.11 Å². The van der Waals surface area contributed by atoms with E-state index in [1.807, 2.05) is 6.20 Å². The number of nitrogens with one attached hydrogen (secondary N) is 1. The van der Waals surface area contributed by atoms with Gasteiger partial charge in [-0.2, -0.15) is 0 Å². The van der Waals surface area contributed by atoms with Gasteiger partial charge in [0.25, 0.3) is 0 Å². The number of imidazole rings is 1. The second-order valence-electron chi connectivity index (χ2n) is 5.39. The summed E-state index contributed by atoms with van der Waals surface area (Å²) in [5, 5.41) is 3.39. The van der Waals surface area contributed by atoms with Gasteiger partial charge in [-0.3, -0.25) is 0 Å². The van der Waals surface area contributed by atoms with E-state index in [9.17, 15) is 0 Å². The molecule has 0 fully saturated rings. The standard InChI is InChI=1S/C16H31N3O/c1-4-5-6-7-8-9-11-19-15(2)18-14-16(19)13-17-10-12-20-3/h14,17H,4-13H2,1-3H3. The summed E-state index contributed by atoms with van der Waals surface area (Å²) >= 11 is 0. The largest absolute Gasteiger partial charge is 0.383 e. The zero-order valence-electron chi connectivity index (χ0n) is 13.5. The van der Waals surface area contributed by atoms with Crippen molar-refractivity contribution < 1.29 is 4.74 Å². The Morgan fingerprint density at radius 3 is 2.70 bits per heavy atom. The normalized spacial score (nSPS) is 11.2. The molecule has 1 rings (SSSR count). The molecule has 4 nitrogen and oxygen atoms in total. The van der Waals surface area contributed by atoms with E-state index in [0.717, 1.165) is 32.1 Å². The van der Waals surface area contributed by atoms with Crippen molar-refractivity contribution >= 4 is 0 Å². The molecule has 0 bridgehead atoms. The van der Waals surface area contributed by atoms with Crippen LogP contribution >= 0.6 is 0 Å². The van der Waals surface area contributed by atoms with Crippen molar-refractivity contribution in [2.45, 2.75) is 65.5 Å². The third-order valence-corrected chi connectivity index (χ3v) is 3.66. The smallest absolute Gasteiger partial charge is 0.105 e. The highest BCUT2D eigenvalue weighted by molar-refractivity contribution is 5.04. The van der Waals surface area contributed by atoms with Gasteiger partial charge in [0.15, 0.2) is 0 Å². The number of aryl methyl sites for hydroxylation is 1. The molecule has 0 saturated heterocycles. The molecule has 1 aromatic rings. The Morgan fingerprint density at radius 2 is 1.95 bits per heavy atom. The minimum absolute atomic E-state index is 0.755. The number of hydrogen-bond acceptors (Lipinski definition) is 3. The monoisotopic (exact) mass is 281 g/mol. The van der Waals surface area contributed by atoms with E-state index in [4.69, 9.17) is 4.74 Å². The second kappa shape index (κ2) is 10.9. The van der Waals surface area contributed by atoms with Gasteiger partial charge < -0.3 is 14.6 Å².